The highest BCUT2D eigenvalue weighted by Crippen LogP contribution is 2.16. The summed E-state index contributed by atoms with van der Waals surface area (Å²) in [6, 6.07) is 13.2. The van der Waals surface area contributed by atoms with E-state index < -0.39 is 0 Å². The lowest BCUT2D eigenvalue weighted by molar-refractivity contribution is -0.120. The number of amides is 2. The van der Waals surface area contributed by atoms with Gasteiger partial charge in [-0.05, 0) is 56.5 Å². The van der Waals surface area contributed by atoms with Gasteiger partial charge in [-0.25, -0.2) is 0 Å². The van der Waals surface area contributed by atoms with Crippen molar-refractivity contribution in [1.82, 2.24) is 10.6 Å². The Bertz CT molecular complexity index is 822. The summed E-state index contributed by atoms with van der Waals surface area (Å²) in [5.74, 6) is 0.303. The molecule has 2 N–H and O–H groups in total. The van der Waals surface area contributed by atoms with Gasteiger partial charge in [0.15, 0.2) is 0 Å². The van der Waals surface area contributed by atoms with Gasteiger partial charge in [0.2, 0.25) is 5.91 Å². The first-order chi connectivity index (χ1) is 14.0. The fourth-order valence-electron chi connectivity index (χ4n) is 3.30. The van der Waals surface area contributed by atoms with E-state index in [0.717, 1.165) is 41.9 Å². The molecule has 0 aromatic heterocycles. The minimum atomic E-state index is -0.250. The second-order valence-corrected chi connectivity index (χ2v) is 7.43. The van der Waals surface area contributed by atoms with Crippen molar-refractivity contribution in [1.29, 1.82) is 0 Å². The third-order valence-electron chi connectivity index (χ3n) is 4.77. The average Bonchev–Trinajstić information content (AvgIpc) is 3.22. The molecule has 154 valence electrons. The molecule has 1 fully saturated rings. The first-order valence-electron chi connectivity index (χ1n) is 9.96. The van der Waals surface area contributed by atoms with Crippen LogP contribution in [0, 0.1) is 13.8 Å². The van der Waals surface area contributed by atoms with Crippen LogP contribution in [0.15, 0.2) is 42.5 Å². The van der Waals surface area contributed by atoms with Gasteiger partial charge in [-0.2, -0.15) is 0 Å². The summed E-state index contributed by atoms with van der Waals surface area (Å²) in [6.45, 7) is 5.59. The normalized spacial score (nSPS) is 15.7. The maximum absolute atomic E-state index is 12.2. The minimum absolute atomic E-state index is 0.0611. The molecule has 1 aliphatic heterocycles. The van der Waals surface area contributed by atoms with Gasteiger partial charge in [0.25, 0.3) is 5.91 Å². The van der Waals surface area contributed by atoms with Crippen LogP contribution < -0.4 is 15.4 Å². The van der Waals surface area contributed by atoms with Crippen LogP contribution in [0.4, 0.5) is 0 Å². The third-order valence-corrected chi connectivity index (χ3v) is 4.77. The smallest absolute Gasteiger partial charge is 0.251 e. The highest BCUT2D eigenvalue weighted by molar-refractivity contribution is 5.96. The highest BCUT2D eigenvalue weighted by Gasteiger charge is 2.16. The number of ether oxygens (including phenoxy) is 2. The summed E-state index contributed by atoms with van der Waals surface area (Å²) in [6.07, 6.45) is 2.33. The molecule has 29 heavy (non-hydrogen) atoms. The van der Waals surface area contributed by atoms with Gasteiger partial charge in [0, 0.05) is 18.7 Å². The second-order valence-electron chi connectivity index (χ2n) is 7.43. The maximum atomic E-state index is 12.2. The van der Waals surface area contributed by atoms with Crippen molar-refractivity contribution in [2.24, 2.45) is 0 Å². The summed E-state index contributed by atoms with van der Waals surface area (Å²) >= 11 is 0. The van der Waals surface area contributed by atoms with Crippen LogP contribution in [0.3, 0.4) is 0 Å². The topological polar surface area (TPSA) is 76.7 Å². The van der Waals surface area contributed by atoms with E-state index in [0.29, 0.717) is 18.7 Å². The zero-order valence-corrected chi connectivity index (χ0v) is 17.0. The molecule has 3 rings (SSSR count). The Morgan fingerprint density at radius 2 is 1.79 bits per heavy atom. The number of carbonyl (C=O) groups is 2. The molecule has 1 aliphatic rings. The van der Waals surface area contributed by atoms with E-state index in [-0.39, 0.29) is 24.5 Å². The van der Waals surface area contributed by atoms with Crippen LogP contribution in [0.25, 0.3) is 0 Å². The van der Waals surface area contributed by atoms with Crippen molar-refractivity contribution in [2.75, 3.05) is 19.8 Å². The number of hydrogen-bond donors (Lipinski definition) is 2. The maximum Gasteiger partial charge on any atom is 0.251 e. The molecular weight excluding hydrogens is 368 g/mol. The molecule has 0 aliphatic carbocycles. The number of carbonyl (C=O) groups excluding carboxylic acids is 2. The molecule has 6 heteroatoms. The van der Waals surface area contributed by atoms with Crippen LogP contribution in [-0.2, 0) is 16.1 Å². The molecule has 2 aromatic rings. The monoisotopic (exact) mass is 396 g/mol. The number of rotatable bonds is 8. The van der Waals surface area contributed by atoms with Gasteiger partial charge in [-0.15, -0.1) is 0 Å². The van der Waals surface area contributed by atoms with Crippen molar-refractivity contribution < 1.29 is 19.1 Å². The summed E-state index contributed by atoms with van der Waals surface area (Å²) < 4.78 is 11.3. The third kappa shape index (κ3) is 6.61. The zero-order chi connectivity index (χ0) is 20.6. The number of benzene rings is 2. The zero-order valence-electron chi connectivity index (χ0n) is 17.0. The Hall–Kier alpha value is -2.86. The van der Waals surface area contributed by atoms with E-state index in [9.17, 15) is 9.59 Å². The molecular formula is C23H28N2O4. The Balaban J connectivity index is 1.39. The predicted octanol–water partition coefficient (Wildman–Crippen LogP) is 2.91. The van der Waals surface area contributed by atoms with E-state index in [1.807, 2.05) is 56.3 Å². The SMILES string of the molecule is Cc1cc(C)cc(C(=O)NCC(=O)NCc2ccc(OCC3CCCO3)cc2)c1. The Morgan fingerprint density at radius 1 is 1.07 bits per heavy atom. The highest BCUT2D eigenvalue weighted by atomic mass is 16.5. The van der Waals surface area contributed by atoms with Gasteiger partial charge >= 0.3 is 0 Å². The quantitative estimate of drug-likeness (QED) is 0.719. The van der Waals surface area contributed by atoms with Crippen LogP contribution in [0.1, 0.15) is 39.9 Å². The summed E-state index contributed by atoms with van der Waals surface area (Å²) in [4.78, 5) is 24.2. The first-order valence-corrected chi connectivity index (χ1v) is 9.96. The lowest BCUT2D eigenvalue weighted by Gasteiger charge is -2.12. The molecule has 6 nitrogen and oxygen atoms in total. The molecule has 1 atom stereocenters. The van der Waals surface area contributed by atoms with Crippen molar-refractivity contribution >= 4 is 11.8 Å². The largest absolute Gasteiger partial charge is 0.491 e. The summed E-state index contributed by atoms with van der Waals surface area (Å²) in [5.41, 5.74) is 3.56. The summed E-state index contributed by atoms with van der Waals surface area (Å²) in [5, 5.41) is 5.47. The number of nitrogens with one attached hydrogen (secondary N) is 2. The lowest BCUT2D eigenvalue weighted by atomic mass is 10.1. The molecule has 1 heterocycles. The standard InChI is InChI=1S/C23H28N2O4/c1-16-10-17(2)12-19(11-16)23(27)25-14-22(26)24-13-18-5-7-20(8-6-18)29-15-21-4-3-9-28-21/h5-8,10-12,21H,3-4,9,13-15H2,1-2H3,(H,24,26)(H,25,27). The van der Waals surface area contributed by atoms with E-state index in [2.05, 4.69) is 10.6 Å². The summed E-state index contributed by atoms with van der Waals surface area (Å²) in [7, 11) is 0. The van der Waals surface area contributed by atoms with Crippen LogP contribution in [0.5, 0.6) is 5.75 Å². The fourth-order valence-corrected chi connectivity index (χ4v) is 3.30. The first kappa shape index (κ1) is 20.9. The van der Waals surface area contributed by atoms with Gasteiger partial charge < -0.3 is 20.1 Å². The van der Waals surface area contributed by atoms with Crippen LogP contribution in [0.2, 0.25) is 0 Å². The predicted molar refractivity (Wildman–Crippen MR) is 111 cm³/mol. The van der Waals surface area contributed by atoms with Crippen LogP contribution in [-0.4, -0.2) is 37.7 Å². The van der Waals surface area contributed by atoms with E-state index >= 15 is 0 Å². The van der Waals surface area contributed by atoms with Crippen molar-refractivity contribution in [3.05, 3.63) is 64.7 Å². The second kappa shape index (κ2) is 10.1. The Labute approximate surface area is 171 Å². The van der Waals surface area contributed by atoms with Gasteiger partial charge in [0.1, 0.15) is 12.4 Å². The molecule has 2 aromatic carbocycles. The van der Waals surface area contributed by atoms with Crippen LogP contribution >= 0.6 is 0 Å². The molecule has 2 amide bonds. The number of hydrogen-bond acceptors (Lipinski definition) is 4. The van der Waals surface area contributed by atoms with E-state index in [1.165, 1.54) is 0 Å². The van der Waals surface area contributed by atoms with Gasteiger partial charge in [-0.3, -0.25) is 9.59 Å². The Morgan fingerprint density at radius 3 is 2.45 bits per heavy atom. The van der Waals surface area contributed by atoms with Crippen molar-refractivity contribution in [2.45, 2.75) is 39.3 Å². The van der Waals surface area contributed by atoms with Crippen molar-refractivity contribution in [3.63, 3.8) is 0 Å². The average molecular weight is 396 g/mol. The fraction of sp³-hybridized carbons (Fsp3) is 0.391. The molecule has 0 saturated carbocycles. The molecule has 1 unspecified atom stereocenters. The Kier molecular flexibility index (Phi) is 7.25. The molecule has 0 radical (unpaired) electrons. The molecule has 1 saturated heterocycles. The number of aryl methyl sites for hydroxylation is 2. The molecule has 0 spiro atoms. The van der Waals surface area contributed by atoms with Crippen molar-refractivity contribution in [3.8, 4) is 5.75 Å². The van der Waals surface area contributed by atoms with Gasteiger partial charge in [0.05, 0.1) is 12.6 Å². The minimum Gasteiger partial charge on any atom is -0.491 e. The van der Waals surface area contributed by atoms with Gasteiger partial charge in [-0.1, -0.05) is 29.3 Å². The molecule has 0 bridgehead atoms. The van der Waals surface area contributed by atoms with E-state index in [1.54, 1.807) is 0 Å². The van der Waals surface area contributed by atoms with E-state index in [4.69, 9.17) is 9.47 Å². The lowest BCUT2D eigenvalue weighted by Crippen LogP contribution is -2.36.